The first-order valence-corrected chi connectivity index (χ1v) is 7.66. The molecule has 3 atom stereocenters. The van der Waals surface area contributed by atoms with Crippen molar-refractivity contribution in [2.45, 2.75) is 47.0 Å². The van der Waals surface area contributed by atoms with Crippen molar-refractivity contribution < 1.29 is 0 Å². The Morgan fingerprint density at radius 2 is 1.68 bits per heavy atom. The molecular weight excluding hydrogens is 228 g/mol. The van der Waals surface area contributed by atoms with E-state index in [1.807, 2.05) is 0 Å². The third kappa shape index (κ3) is 1.13. The van der Waals surface area contributed by atoms with E-state index in [0.717, 1.165) is 11.8 Å². The van der Waals surface area contributed by atoms with Gasteiger partial charge in [-0.1, -0.05) is 57.5 Å². The summed E-state index contributed by atoms with van der Waals surface area (Å²) in [5, 5.41) is 0. The highest BCUT2D eigenvalue weighted by Crippen LogP contribution is 2.74. The van der Waals surface area contributed by atoms with Gasteiger partial charge in [-0.25, -0.2) is 0 Å². The van der Waals surface area contributed by atoms with Gasteiger partial charge >= 0.3 is 0 Å². The maximum Gasteiger partial charge on any atom is 0.0117 e. The summed E-state index contributed by atoms with van der Waals surface area (Å²) in [7, 11) is 0. The fourth-order valence-corrected chi connectivity index (χ4v) is 5.81. The first kappa shape index (κ1) is 11.8. The van der Waals surface area contributed by atoms with Crippen LogP contribution in [0.15, 0.2) is 29.8 Å². The van der Waals surface area contributed by atoms with Gasteiger partial charge in [0.15, 0.2) is 0 Å². The lowest BCUT2D eigenvalue weighted by molar-refractivity contribution is -0.117. The van der Waals surface area contributed by atoms with Gasteiger partial charge in [0.25, 0.3) is 0 Å². The Hall–Kier alpha value is -1.04. The molecule has 4 aliphatic rings. The van der Waals surface area contributed by atoms with Crippen molar-refractivity contribution in [1.82, 2.24) is 0 Å². The zero-order valence-corrected chi connectivity index (χ0v) is 12.7. The molecule has 0 heteroatoms. The second-order valence-corrected chi connectivity index (χ2v) is 8.08. The van der Waals surface area contributed by atoms with Gasteiger partial charge < -0.3 is 0 Å². The normalized spacial score (nSPS) is 36.6. The lowest BCUT2D eigenvalue weighted by atomic mass is 9.37. The van der Waals surface area contributed by atoms with Gasteiger partial charge in [0.05, 0.1) is 0 Å². The van der Waals surface area contributed by atoms with Crippen molar-refractivity contribution in [3.05, 3.63) is 41.0 Å². The van der Waals surface area contributed by atoms with E-state index in [4.69, 9.17) is 0 Å². The van der Waals surface area contributed by atoms with Crippen LogP contribution in [0, 0.1) is 22.7 Å². The highest BCUT2D eigenvalue weighted by molar-refractivity contribution is 5.79. The van der Waals surface area contributed by atoms with Crippen LogP contribution in [0.4, 0.5) is 0 Å². The summed E-state index contributed by atoms with van der Waals surface area (Å²) in [4.78, 5) is 0. The molecule has 3 fully saturated rings. The molecular formula is C19H24. The van der Waals surface area contributed by atoms with E-state index < -0.39 is 0 Å². The number of hydrogen-bond acceptors (Lipinski definition) is 0. The molecule has 4 aliphatic carbocycles. The van der Waals surface area contributed by atoms with Crippen molar-refractivity contribution >= 4 is 5.57 Å². The van der Waals surface area contributed by atoms with Crippen molar-refractivity contribution in [2.24, 2.45) is 22.7 Å². The Morgan fingerprint density at radius 3 is 2.37 bits per heavy atom. The van der Waals surface area contributed by atoms with Crippen LogP contribution < -0.4 is 0 Å². The molecule has 0 radical (unpaired) electrons. The van der Waals surface area contributed by atoms with Gasteiger partial charge in [0.1, 0.15) is 0 Å². The second kappa shape index (κ2) is 3.16. The molecule has 0 unspecified atom stereocenters. The molecule has 0 spiro atoms. The van der Waals surface area contributed by atoms with Gasteiger partial charge in [0, 0.05) is 5.92 Å². The fourth-order valence-electron chi connectivity index (χ4n) is 5.81. The van der Waals surface area contributed by atoms with Crippen LogP contribution in [0.2, 0.25) is 0 Å². The van der Waals surface area contributed by atoms with Gasteiger partial charge in [-0.2, -0.15) is 0 Å². The molecule has 19 heavy (non-hydrogen) atoms. The van der Waals surface area contributed by atoms with Crippen LogP contribution >= 0.6 is 0 Å². The van der Waals surface area contributed by atoms with E-state index in [-0.39, 0.29) is 0 Å². The van der Waals surface area contributed by atoms with Gasteiger partial charge in [-0.05, 0) is 52.7 Å². The zero-order valence-electron chi connectivity index (χ0n) is 12.7. The Kier molecular flexibility index (Phi) is 1.96. The molecule has 0 aromatic heterocycles. The molecule has 0 heterocycles. The second-order valence-electron chi connectivity index (χ2n) is 8.08. The monoisotopic (exact) mass is 252 g/mol. The highest BCUT2D eigenvalue weighted by Gasteiger charge is 2.65. The minimum absolute atomic E-state index is 0.404. The van der Waals surface area contributed by atoms with Crippen LogP contribution in [0.5, 0.6) is 0 Å². The zero-order chi connectivity index (χ0) is 13.6. The number of fused-ring (bicyclic) bond motifs is 1. The quantitative estimate of drug-likeness (QED) is 0.591. The predicted molar refractivity (Wildman–Crippen MR) is 80.9 cm³/mol. The Bertz CT molecular complexity index is 600. The van der Waals surface area contributed by atoms with Gasteiger partial charge in [0.2, 0.25) is 0 Å². The number of hydrogen-bond donors (Lipinski definition) is 0. The van der Waals surface area contributed by atoms with Gasteiger partial charge in [-0.3, -0.25) is 0 Å². The Balaban J connectivity index is 1.99. The average molecular weight is 252 g/mol. The maximum atomic E-state index is 2.51. The minimum Gasteiger partial charge on any atom is -0.0619 e. The molecule has 1 aromatic carbocycles. The third-order valence-electron chi connectivity index (χ3n) is 6.70. The third-order valence-corrected chi connectivity index (χ3v) is 6.70. The molecule has 5 rings (SSSR count). The van der Waals surface area contributed by atoms with E-state index in [1.165, 1.54) is 12.0 Å². The van der Waals surface area contributed by atoms with E-state index in [2.05, 4.69) is 58.9 Å². The maximum absolute atomic E-state index is 2.51. The number of rotatable bonds is 0. The van der Waals surface area contributed by atoms with Crippen LogP contribution in [0.3, 0.4) is 0 Å². The Morgan fingerprint density at radius 1 is 1.00 bits per heavy atom. The SMILES string of the molecule is CC1=C2[C@H]3C[C@H](C3(C)C)C(C)(C)[C@H]2c2ccccc21. The van der Waals surface area contributed by atoms with Crippen molar-refractivity contribution in [2.75, 3.05) is 0 Å². The van der Waals surface area contributed by atoms with Crippen LogP contribution in [0.25, 0.3) is 5.57 Å². The summed E-state index contributed by atoms with van der Waals surface area (Å²) in [6.07, 6.45) is 1.41. The molecule has 0 amide bonds. The summed E-state index contributed by atoms with van der Waals surface area (Å²) in [6.45, 7) is 12.4. The molecule has 2 bridgehead atoms. The standard InChI is InChI=1S/C19H24/c1-11-12-8-6-7-9-13(12)17-16(11)14-10-15(18(14,2)3)19(17,4)5/h6-9,14-15,17H,10H2,1-5H3/t14-,15-,17+/m1/s1. The largest absolute Gasteiger partial charge is 0.0619 e. The van der Waals surface area contributed by atoms with E-state index in [9.17, 15) is 0 Å². The first-order chi connectivity index (χ1) is 8.87. The smallest absolute Gasteiger partial charge is 0.0117 e. The summed E-state index contributed by atoms with van der Waals surface area (Å²) in [6, 6.07) is 9.12. The molecule has 3 saturated carbocycles. The molecule has 100 valence electrons. The molecule has 1 aromatic rings. The van der Waals surface area contributed by atoms with E-state index in [0.29, 0.717) is 16.7 Å². The Labute approximate surface area is 116 Å². The van der Waals surface area contributed by atoms with E-state index in [1.54, 1.807) is 16.7 Å². The topological polar surface area (TPSA) is 0 Å². The first-order valence-electron chi connectivity index (χ1n) is 7.66. The molecule has 0 aliphatic heterocycles. The predicted octanol–water partition coefficient (Wildman–Crippen LogP) is 5.26. The molecule has 0 nitrogen and oxygen atoms in total. The number of allylic oxidation sites excluding steroid dienone is 2. The average Bonchev–Trinajstić information content (AvgIpc) is 2.64. The molecule has 0 N–H and O–H groups in total. The lowest BCUT2D eigenvalue weighted by Gasteiger charge is -2.67. The summed E-state index contributed by atoms with van der Waals surface area (Å²) < 4.78 is 0. The lowest BCUT2D eigenvalue weighted by Crippen LogP contribution is -2.59. The van der Waals surface area contributed by atoms with Crippen molar-refractivity contribution in [1.29, 1.82) is 0 Å². The van der Waals surface area contributed by atoms with Gasteiger partial charge in [-0.15, -0.1) is 0 Å². The van der Waals surface area contributed by atoms with E-state index >= 15 is 0 Å². The molecule has 0 saturated heterocycles. The highest BCUT2D eigenvalue weighted by atomic mass is 14.7. The van der Waals surface area contributed by atoms with Crippen molar-refractivity contribution in [3.8, 4) is 0 Å². The summed E-state index contributed by atoms with van der Waals surface area (Å²) in [5.74, 6) is 2.38. The van der Waals surface area contributed by atoms with Crippen LogP contribution in [-0.4, -0.2) is 0 Å². The number of benzene rings is 1. The summed E-state index contributed by atoms with van der Waals surface area (Å²) >= 11 is 0. The van der Waals surface area contributed by atoms with Crippen LogP contribution in [0.1, 0.15) is 58.1 Å². The van der Waals surface area contributed by atoms with Crippen LogP contribution in [-0.2, 0) is 0 Å². The minimum atomic E-state index is 0.404. The summed E-state index contributed by atoms with van der Waals surface area (Å²) in [5.41, 5.74) is 7.40. The van der Waals surface area contributed by atoms with Crippen molar-refractivity contribution in [3.63, 3.8) is 0 Å². The fraction of sp³-hybridized carbons (Fsp3) is 0.579.